The molecule has 0 unspecified atom stereocenters. The first kappa shape index (κ1) is 14.3. The van der Waals surface area contributed by atoms with Gasteiger partial charge >= 0.3 is 0 Å². The van der Waals surface area contributed by atoms with Crippen LogP contribution in [0.3, 0.4) is 0 Å². The lowest BCUT2D eigenvalue weighted by molar-refractivity contribution is 0.208. The van der Waals surface area contributed by atoms with Gasteiger partial charge in [-0.1, -0.05) is 18.2 Å². The summed E-state index contributed by atoms with van der Waals surface area (Å²) in [6.45, 7) is 2.80. The van der Waals surface area contributed by atoms with E-state index in [1.807, 2.05) is 18.2 Å². The van der Waals surface area contributed by atoms with Crippen LogP contribution in [0.5, 0.6) is 0 Å². The fourth-order valence-corrected chi connectivity index (χ4v) is 1.48. The minimum absolute atomic E-state index is 0.466. The van der Waals surface area contributed by atoms with Crippen molar-refractivity contribution < 1.29 is 4.74 Å². The van der Waals surface area contributed by atoms with Gasteiger partial charge in [-0.2, -0.15) is 0 Å². The quantitative estimate of drug-likeness (QED) is 0.424. The van der Waals surface area contributed by atoms with Crippen LogP contribution < -0.4 is 16.0 Å². The Bertz CT molecular complexity index is 353. The Hall–Kier alpha value is -1.75. The molecule has 1 aromatic carbocycles. The summed E-state index contributed by atoms with van der Waals surface area (Å²) < 4.78 is 4.89. The molecule has 0 saturated carbocycles. The number of hydrogen-bond acceptors (Lipinski definition) is 3. The zero-order chi connectivity index (χ0) is 13.2. The monoisotopic (exact) mass is 250 g/mol. The summed E-state index contributed by atoms with van der Waals surface area (Å²) in [5.74, 6) is 0.466. The summed E-state index contributed by atoms with van der Waals surface area (Å²) in [4.78, 5) is 6.29. The van der Waals surface area contributed by atoms with Gasteiger partial charge in [-0.3, -0.25) is 4.99 Å². The smallest absolute Gasteiger partial charge is 0.188 e. The van der Waals surface area contributed by atoms with Crippen LogP contribution in [0.4, 0.5) is 5.69 Å². The molecule has 0 aromatic heterocycles. The molecular formula is C13H22N4O. The van der Waals surface area contributed by atoms with Crippen molar-refractivity contribution in [1.82, 2.24) is 5.32 Å². The summed E-state index contributed by atoms with van der Waals surface area (Å²) in [6.07, 6.45) is 0. The molecule has 3 N–H and O–H groups in total. The molecule has 0 spiro atoms. The Morgan fingerprint density at radius 1 is 1.39 bits per heavy atom. The van der Waals surface area contributed by atoms with Crippen LogP contribution in [0.2, 0.25) is 0 Å². The summed E-state index contributed by atoms with van der Waals surface area (Å²) in [7, 11) is 3.70. The molecule has 0 atom stereocenters. The van der Waals surface area contributed by atoms with E-state index in [9.17, 15) is 0 Å². The van der Waals surface area contributed by atoms with Crippen LogP contribution in [0.1, 0.15) is 0 Å². The summed E-state index contributed by atoms with van der Waals surface area (Å²) in [5, 5.41) is 3.07. The number of rotatable bonds is 7. The number of ether oxygens (including phenoxy) is 1. The molecule has 5 heteroatoms. The van der Waals surface area contributed by atoms with Gasteiger partial charge < -0.3 is 20.7 Å². The Balaban J connectivity index is 2.23. The number of nitrogens with two attached hydrogens (primary N) is 1. The third-order valence-electron chi connectivity index (χ3n) is 2.53. The molecule has 0 aliphatic heterocycles. The Kier molecular flexibility index (Phi) is 6.64. The van der Waals surface area contributed by atoms with Crippen molar-refractivity contribution in [3.8, 4) is 0 Å². The molecule has 1 rings (SSSR count). The number of aliphatic imine (C=N–C) groups is 1. The van der Waals surface area contributed by atoms with E-state index in [0.717, 1.165) is 13.1 Å². The van der Waals surface area contributed by atoms with Gasteiger partial charge in [0, 0.05) is 32.9 Å². The van der Waals surface area contributed by atoms with E-state index >= 15 is 0 Å². The highest BCUT2D eigenvalue weighted by Gasteiger charge is 1.99. The maximum atomic E-state index is 5.70. The van der Waals surface area contributed by atoms with Crippen LogP contribution in [-0.2, 0) is 4.74 Å². The molecule has 0 saturated heterocycles. The largest absolute Gasteiger partial charge is 0.383 e. The maximum absolute atomic E-state index is 5.70. The second kappa shape index (κ2) is 8.36. The van der Waals surface area contributed by atoms with Gasteiger partial charge in [0.2, 0.25) is 0 Å². The number of methoxy groups -OCH3 is 1. The van der Waals surface area contributed by atoms with Gasteiger partial charge in [-0.15, -0.1) is 0 Å². The van der Waals surface area contributed by atoms with Crippen molar-refractivity contribution in [3.05, 3.63) is 30.3 Å². The molecule has 0 radical (unpaired) electrons. The lowest BCUT2D eigenvalue weighted by Gasteiger charge is -2.19. The Labute approximate surface area is 109 Å². The second-order valence-corrected chi connectivity index (χ2v) is 3.94. The van der Waals surface area contributed by atoms with Gasteiger partial charge in [0.05, 0.1) is 13.2 Å². The summed E-state index contributed by atoms with van der Waals surface area (Å²) in [5.41, 5.74) is 6.89. The van der Waals surface area contributed by atoms with Crippen LogP contribution in [0, 0.1) is 0 Å². The van der Waals surface area contributed by atoms with E-state index in [-0.39, 0.29) is 0 Å². The van der Waals surface area contributed by atoms with Crippen molar-refractivity contribution >= 4 is 11.6 Å². The molecular weight excluding hydrogens is 228 g/mol. The second-order valence-electron chi connectivity index (χ2n) is 3.94. The summed E-state index contributed by atoms with van der Waals surface area (Å²) in [6, 6.07) is 10.2. The van der Waals surface area contributed by atoms with Gasteiger partial charge in [-0.25, -0.2) is 0 Å². The van der Waals surface area contributed by atoms with Gasteiger partial charge in [-0.05, 0) is 12.1 Å². The van der Waals surface area contributed by atoms with Crippen LogP contribution >= 0.6 is 0 Å². The van der Waals surface area contributed by atoms with Gasteiger partial charge in [0.15, 0.2) is 5.96 Å². The molecule has 0 aliphatic carbocycles. The number of guanidine groups is 1. The van der Waals surface area contributed by atoms with Crippen molar-refractivity contribution in [2.24, 2.45) is 10.7 Å². The first-order chi connectivity index (χ1) is 8.74. The van der Waals surface area contributed by atoms with Crippen molar-refractivity contribution in [2.45, 2.75) is 0 Å². The number of likely N-dealkylation sites (N-methyl/N-ethyl adjacent to an activating group) is 1. The molecule has 0 aliphatic rings. The van der Waals surface area contributed by atoms with E-state index in [2.05, 4.69) is 34.4 Å². The SMILES string of the molecule is COCCN=C(N)NCCN(C)c1ccccc1. The zero-order valence-electron chi connectivity index (χ0n) is 11.1. The topological polar surface area (TPSA) is 62.9 Å². The molecule has 100 valence electrons. The standard InChI is InChI=1S/C13H22N4O/c1-17(12-6-4-3-5-7-12)10-8-15-13(14)16-9-11-18-2/h3-7H,8-11H2,1-2H3,(H3,14,15,16). The zero-order valence-corrected chi connectivity index (χ0v) is 11.1. The van der Waals surface area contributed by atoms with E-state index in [4.69, 9.17) is 10.5 Å². The Morgan fingerprint density at radius 2 is 2.11 bits per heavy atom. The number of hydrogen-bond donors (Lipinski definition) is 2. The normalized spacial score (nSPS) is 11.3. The van der Waals surface area contributed by atoms with E-state index in [0.29, 0.717) is 19.1 Å². The van der Waals surface area contributed by atoms with Crippen molar-refractivity contribution in [2.75, 3.05) is 45.3 Å². The lowest BCUT2D eigenvalue weighted by Crippen LogP contribution is -2.37. The van der Waals surface area contributed by atoms with Crippen LogP contribution in [0.15, 0.2) is 35.3 Å². The maximum Gasteiger partial charge on any atom is 0.188 e. The van der Waals surface area contributed by atoms with Crippen LogP contribution in [0.25, 0.3) is 0 Å². The average Bonchev–Trinajstić information content (AvgIpc) is 2.40. The number of anilines is 1. The highest BCUT2D eigenvalue weighted by Crippen LogP contribution is 2.09. The molecule has 5 nitrogen and oxygen atoms in total. The van der Waals surface area contributed by atoms with E-state index in [1.54, 1.807) is 7.11 Å². The minimum atomic E-state index is 0.466. The van der Waals surface area contributed by atoms with Crippen molar-refractivity contribution in [3.63, 3.8) is 0 Å². The molecule has 18 heavy (non-hydrogen) atoms. The number of nitrogens with one attached hydrogen (secondary N) is 1. The third kappa shape index (κ3) is 5.54. The van der Waals surface area contributed by atoms with E-state index < -0.39 is 0 Å². The van der Waals surface area contributed by atoms with Crippen molar-refractivity contribution in [1.29, 1.82) is 0 Å². The molecule has 0 amide bonds. The van der Waals surface area contributed by atoms with Gasteiger partial charge in [0.25, 0.3) is 0 Å². The predicted octanol–water partition coefficient (Wildman–Crippen LogP) is 0.674. The predicted molar refractivity (Wildman–Crippen MR) is 76.1 cm³/mol. The number of benzene rings is 1. The highest BCUT2D eigenvalue weighted by molar-refractivity contribution is 5.77. The third-order valence-corrected chi connectivity index (χ3v) is 2.53. The van der Waals surface area contributed by atoms with E-state index in [1.165, 1.54) is 5.69 Å². The summed E-state index contributed by atoms with van der Waals surface area (Å²) >= 11 is 0. The minimum Gasteiger partial charge on any atom is -0.383 e. The highest BCUT2D eigenvalue weighted by atomic mass is 16.5. The fourth-order valence-electron chi connectivity index (χ4n) is 1.48. The van der Waals surface area contributed by atoms with Crippen LogP contribution in [-0.4, -0.2) is 46.4 Å². The average molecular weight is 250 g/mol. The molecule has 0 heterocycles. The number of nitrogens with zero attached hydrogens (tertiary/aromatic N) is 2. The first-order valence-electron chi connectivity index (χ1n) is 6.03. The van der Waals surface area contributed by atoms with Gasteiger partial charge in [0.1, 0.15) is 0 Å². The lowest BCUT2D eigenvalue weighted by atomic mass is 10.3. The molecule has 0 fully saturated rings. The Morgan fingerprint density at radius 3 is 2.78 bits per heavy atom. The fraction of sp³-hybridized carbons (Fsp3) is 0.462. The number of para-hydroxylation sites is 1. The molecule has 1 aromatic rings. The first-order valence-corrected chi connectivity index (χ1v) is 6.03. The molecule has 0 bridgehead atoms.